The highest BCUT2D eigenvalue weighted by molar-refractivity contribution is 8.01. The van der Waals surface area contributed by atoms with Crippen LogP contribution in [0.3, 0.4) is 0 Å². The van der Waals surface area contributed by atoms with E-state index in [1.165, 1.54) is 44.3 Å². The van der Waals surface area contributed by atoms with Gasteiger partial charge in [0.1, 0.15) is 0 Å². The van der Waals surface area contributed by atoms with Gasteiger partial charge >= 0.3 is 0 Å². The predicted octanol–water partition coefficient (Wildman–Crippen LogP) is 2.68. The van der Waals surface area contributed by atoms with Crippen molar-refractivity contribution in [2.75, 3.05) is 12.4 Å². The number of aliphatic hydroxyl groups excluding tert-OH is 1. The number of rotatable bonds is 3. The van der Waals surface area contributed by atoms with Crippen LogP contribution >= 0.6 is 11.8 Å². The fourth-order valence-electron chi connectivity index (χ4n) is 2.72. The van der Waals surface area contributed by atoms with Gasteiger partial charge in [0, 0.05) is 11.9 Å². The molecule has 1 saturated carbocycles. The molecule has 0 aromatic heterocycles. The SMILES string of the molecule is OCC(C1CCCCC1)C1CCS1. The molecule has 0 bridgehead atoms. The summed E-state index contributed by atoms with van der Waals surface area (Å²) in [6.45, 7) is 0.433. The summed E-state index contributed by atoms with van der Waals surface area (Å²) in [7, 11) is 0. The third kappa shape index (κ3) is 2.21. The predicted molar refractivity (Wildman–Crippen MR) is 58.0 cm³/mol. The van der Waals surface area contributed by atoms with E-state index in [1.807, 2.05) is 0 Å². The molecule has 1 N–H and O–H groups in total. The van der Waals surface area contributed by atoms with Crippen LogP contribution in [-0.2, 0) is 0 Å². The molecule has 1 heterocycles. The molecule has 13 heavy (non-hydrogen) atoms. The van der Waals surface area contributed by atoms with E-state index in [0.717, 1.165) is 11.2 Å². The molecule has 2 rings (SSSR count). The minimum absolute atomic E-state index is 0.433. The number of aliphatic hydroxyl groups is 1. The van der Waals surface area contributed by atoms with E-state index in [9.17, 15) is 5.11 Å². The maximum atomic E-state index is 9.40. The van der Waals surface area contributed by atoms with Crippen LogP contribution in [0.2, 0.25) is 0 Å². The Labute approximate surface area is 85.3 Å². The average Bonchev–Trinajstić information content (AvgIpc) is 2.12. The second-order valence-electron chi connectivity index (χ2n) is 4.44. The monoisotopic (exact) mass is 200 g/mol. The van der Waals surface area contributed by atoms with Crippen LogP contribution in [-0.4, -0.2) is 22.7 Å². The smallest absolute Gasteiger partial charge is 0.0472 e. The maximum absolute atomic E-state index is 9.40. The molecule has 2 fully saturated rings. The van der Waals surface area contributed by atoms with Gasteiger partial charge in [0.05, 0.1) is 0 Å². The minimum Gasteiger partial charge on any atom is -0.396 e. The number of thioether (sulfide) groups is 1. The highest BCUT2D eigenvalue weighted by Gasteiger charge is 2.33. The van der Waals surface area contributed by atoms with Gasteiger partial charge in [0.2, 0.25) is 0 Å². The van der Waals surface area contributed by atoms with Crippen molar-refractivity contribution in [1.82, 2.24) is 0 Å². The Kier molecular flexibility index (Phi) is 3.56. The molecule has 1 aliphatic carbocycles. The lowest BCUT2D eigenvalue weighted by atomic mass is 9.78. The molecular formula is C11H20OS. The first-order chi connectivity index (χ1) is 6.42. The molecule has 0 aromatic rings. The zero-order chi connectivity index (χ0) is 9.10. The van der Waals surface area contributed by atoms with E-state index in [0.29, 0.717) is 12.5 Å². The summed E-state index contributed by atoms with van der Waals surface area (Å²) in [6.07, 6.45) is 8.33. The van der Waals surface area contributed by atoms with Crippen molar-refractivity contribution in [3.63, 3.8) is 0 Å². The Morgan fingerprint density at radius 3 is 2.31 bits per heavy atom. The van der Waals surface area contributed by atoms with E-state index in [-0.39, 0.29) is 0 Å². The van der Waals surface area contributed by atoms with Crippen molar-refractivity contribution in [2.24, 2.45) is 11.8 Å². The van der Waals surface area contributed by atoms with Gasteiger partial charge in [-0.2, -0.15) is 11.8 Å². The first-order valence-corrected chi connectivity index (χ1v) is 6.69. The molecule has 1 aliphatic heterocycles. The van der Waals surface area contributed by atoms with Gasteiger partial charge < -0.3 is 5.11 Å². The summed E-state index contributed by atoms with van der Waals surface area (Å²) < 4.78 is 0. The zero-order valence-corrected chi connectivity index (χ0v) is 9.06. The summed E-state index contributed by atoms with van der Waals surface area (Å²) in [5.74, 6) is 2.80. The van der Waals surface area contributed by atoms with Crippen molar-refractivity contribution < 1.29 is 5.11 Å². The van der Waals surface area contributed by atoms with Gasteiger partial charge in [-0.05, 0) is 24.0 Å². The molecule has 0 radical (unpaired) electrons. The fraction of sp³-hybridized carbons (Fsp3) is 1.00. The van der Waals surface area contributed by atoms with Gasteiger partial charge in [-0.3, -0.25) is 0 Å². The third-order valence-corrected chi connectivity index (χ3v) is 5.16. The van der Waals surface area contributed by atoms with Crippen LogP contribution in [0.5, 0.6) is 0 Å². The zero-order valence-electron chi connectivity index (χ0n) is 8.24. The molecule has 2 aliphatic rings. The van der Waals surface area contributed by atoms with Gasteiger partial charge in [0.25, 0.3) is 0 Å². The lowest BCUT2D eigenvalue weighted by Gasteiger charge is -2.38. The van der Waals surface area contributed by atoms with Crippen molar-refractivity contribution in [3.05, 3.63) is 0 Å². The molecule has 0 amide bonds. The molecule has 1 nitrogen and oxygen atoms in total. The van der Waals surface area contributed by atoms with Crippen LogP contribution in [0.25, 0.3) is 0 Å². The summed E-state index contributed by atoms with van der Waals surface area (Å²) >= 11 is 2.07. The summed E-state index contributed by atoms with van der Waals surface area (Å²) in [5, 5.41) is 10.2. The van der Waals surface area contributed by atoms with Crippen molar-refractivity contribution in [1.29, 1.82) is 0 Å². The second kappa shape index (κ2) is 4.70. The van der Waals surface area contributed by atoms with Gasteiger partial charge in [-0.1, -0.05) is 32.1 Å². The maximum Gasteiger partial charge on any atom is 0.0472 e. The summed E-state index contributed by atoms with van der Waals surface area (Å²) in [6, 6.07) is 0. The van der Waals surface area contributed by atoms with Crippen LogP contribution in [0.4, 0.5) is 0 Å². The standard InChI is InChI=1S/C11H20OS/c12-8-10(11-6-7-13-11)9-4-2-1-3-5-9/h9-12H,1-8H2. The van der Waals surface area contributed by atoms with Gasteiger partial charge in [-0.25, -0.2) is 0 Å². The molecule has 0 spiro atoms. The average molecular weight is 200 g/mol. The topological polar surface area (TPSA) is 20.2 Å². The number of hydrogen-bond acceptors (Lipinski definition) is 2. The lowest BCUT2D eigenvalue weighted by molar-refractivity contribution is 0.141. The van der Waals surface area contributed by atoms with E-state index >= 15 is 0 Å². The van der Waals surface area contributed by atoms with Crippen LogP contribution in [0.15, 0.2) is 0 Å². The van der Waals surface area contributed by atoms with Crippen molar-refractivity contribution in [3.8, 4) is 0 Å². The molecular weight excluding hydrogens is 180 g/mol. The van der Waals surface area contributed by atoms with Crippen LogP contribution < -0.4 is 0 Å². The van der Waals surface area contributed by atoms with Gasteiger partial charge in [-0.15, -0.1) is 0 Å². The van der Waals surface area contributed by atoms with E-state index in [2.05, 4.69) is 11.8 Å². The first-order valence-electron chi connectivity index (χ1n) is 5.64. The van der Waals surface area contributed by atoms with E-state index in [4.69, 9.17) is 0 Å². The van der Waals surface area contributed by atoms with Crippen LogP contribution in [0.1, 0.15) is 38.5 Å². The molecule has 2 atom stereocenters. The van der Waals surface area contributed by atoms with Gasteiger partial charge in [0.15, 0.2) is 0 Å². The summed E-state index contributed by atoms with van der Waals surface area (Å²) in [5.41, 5.74) is 0. The Bertz CT molecular complexity index is 150. The Balaban J connectivity index is 1.86. The van der Waals surface area contributed by atoms with E-state index in [1.54, 1.807) is 0 Å². The highest BCUT2D eigenvalue weighted by atomic mass is 32.2. The van der Waals surface area contributed by atoms with E-state index < -0.39 is 0 Å². The normalized spacial score (nSPS) is 32.5. The first kappa shape index (κ1) is 9.85. The van der Waals surface area contributed by atoms with Crippen molar-refractivity contribution in [2.45, 2.75) is 43.8 Å². The molecule has 0 aromatic carbocycles. The van der Waals surface area contributed by atoms with Crippen LogP contribution in [0, 0.1) is 11.8 Å². The Morgan fingerprint density at radius 1 is 1.15 bits per heavy atom. The minimum atomic E-state index is 0.433. The highest BCUT2D eigenvalue weighted by Crippen LogP contribution is 2.41. The quantitative estimate of drug-likeness (QED) is 0.756. The molecule has 2 heteroatoms. The van der Waals surface area contributed by atoms with Crippen molar-refractivity contribution >= 4 is 11.8 Å². The lowest BCUT2D eigenvalue weighted by Crippen LogP contribution is -2.35. The largest absolute Gasteiger partial charge is 0.396 e. The Morgan fingerprint density at radius 2 is 1.85 bits per heavy atom. The third-order valence-electron chi connectivity index (χ3n) is 3.68. The second-order valence-corrected chi connectivity index (χ2v) is 5.79. The molecule has 1 saturated heterocycles. The molecule has 76 valence electrons. The molecule has 2 unspecified atom stereocenters. The fourth-order valence-corrected chi connectivity index (χ4v) is 3.79. The Hall–Kier alpha value is 0.310. The summed E-state index contributed by atoms with van der Waals surface area (Å²) in [4.78, 5) is 0. The number of hydrogen-bond donors (Lipinski definition) is 1.